The van der Waals surface area contributed by atoms with Crippen molar-refractivity contribution in [1.82, 2.24) is 4.72 Å². The van der Waals surface area contributed by atoms with Gasteiger partial charge in [0.1, 0.15) is 11.6 Å². The molecule has 0 fully saturated rings. The van der Waals surface area contributed by atoms with Crippen LogP contribution >= 0.6 is 0 Å². The fraction of sp³-hybridized carbons (Fsp3) is 0.133. The Labute approximate surface area is 144 Å². The number of alkyl halides is 3. The van der Waals surface area contributed by atoms with Gasteiger partial charge in [-0.25, -0.2) is 21.9 Å². The van der Waals surface area contributed by atoms with Gasteiger partial charge in [0.05, 0.1) is 17.0 Å². The Morgan fingerprint density at radius 3 is 2.19 bits per heavy atom. The summed E-state index contributed by atoms with van der Waals surface area (Å²) < 4.78 is 89.7. The molecule has 0 radical (unpaired) electrons. The lowest BCUT2D eigenvalue weighted by molar-refractivity contribution is -0.140. The van der Waals surface area contributed by atoms with Crippen LogP contribution in [0.5, 0.6) is 0 Å². The molecule has 11 heteroatoms. The number of carbonyl (C=O) groups excluding carboxylic acids is 1. The summed E-state index contributed by atoms with van der Waals surface area (Å²) in [5.74, 6) is -3.00. The Balaban J connectivity index is 2.09. The maximum atomic E-state index is 13.2. The molecular formula is C15H11F5N2O3S. The van der Waals surface area contributed by atoms with Crippen LogP contribution in [0.4, 0.5) is 27.6 Å². The second-order valence-electron chi connectivity index (χ2n) is 5.02. The number of hydrogen-bond acceptors (Lipinski definition) is 3. The second kappa shape index (κ2) is 7.38. The monoisotopic (exact) mass is 394 g/mol. The number of halogens is 5. The van der Waals surface area contributed by atoms with Gasteiger partial charge in [0, 0.05) is 5.69 Å². The molecule has 0 heterocycles. The van der Waals surface area contributed by atoms with Gasteiger partial charge in [-0.2, -0.15) is 13.2 Å². The number of amides is 1. The molecule has 0 unspecified atom stereocenters. The molecule has 2 N–H and O–H groups in total. The van der Waals surface area contributed by atoms with Crippen molar-refractivity contribution in [2.45, 2.75) is 11.1 Å². The van der Waals surface area contributed by atoms with Gasteiger partial charge in [0.2, 0.25) is 15.9 Å². The Kier molecular flexibility index (Phi) is 5.62. The van der Waals surface area contributed by atoms with Crippen LogP contribution < -0.4 is 10.0 Å². The molecule has 26 heavy (non-hydrogen) atoms. The summed E-state index contributed by atoms with van der Waals surface area (Å²) in [5.41, 5.74) is -1.55. The van der Waals surface area contributed by atoms with Crippen molar-refractivity contribution in [3.05, 3.63) is 59.7 Å². The van der Waals surface area contributed by atoms with Gasteiger partial charge in [0.25, 0.3) is 0 Å². The largest absolute Gasteiger partial charge is 0.419 e. The number of sulfonamides is 1. The van der Waals surface area contributed by atoms with E-state index in [0.29, 0.717) is 12.1 Å². The Morgan fingerprint density at radius 1 is 1.00 bits per heavy atom. The predicted molar refractivity (Wildman–Crippen MR) is 81.6 cm³/mol. The first kappa shape index (κ1) is 19.8. The van der Waals surface area contributed by atoms with E-state index in [0.717, 1.165) is 12.1 Å². The molecule has 5 nitrogen and oxygen atoms in total. The van der Waals surface area contributed by atoms with Crippen LogP contribution in [-0.4, -0.2) is 20.9 Å². The predicted octanol–water partition coefficient (Wildman–Crippen LogP) is 2.90. The zero-order valence-electron chi connectivity index (χ0n) is 12.8. The first-order chi connectivity index (χ1) is 12.0. The molecule has 0 aliphatic carbocycles. The molecule has 0 aliphatic rings. The standard InChI is InChI=1S/C15H11F5N2O3S/c16-9-1-3-10(4-2-9)22-14(23)8-21-26(24,25)11-5-6-13(17)12(7-11)15(18,19)20/h1-7,21H,8H2,(H,22,23). The number of carbonyl (C=O) groups is 1. The Hall–Kier alpha value is -2.53. The van der Waals surface area contributed by atoms with Crippen molar-refractivity contribution in [3.63, 3.8) is 0 Å². The molecular weight excluding hydrogens is 383 g/mol. The smallest absolute Gasteiger partial charge is 0.325 e. The van der Waals surface area contributed by atoms with Crippen LogP contribution in [0.25, 0.3) is 0 Å². The quantitative estimate of drug-likeness (QED) is 0.766. The summed E-state index contributed by atoms with van der Waals surface area (Å²) in [6.07, 6.45) is -5.07. The molecule has 2 rings (SSSR count). The third-order valence-electron chi connectivity index (χ3n) is 3.10. The highest BCUT2D eigenvalue weighted by Crippen LogP contribution is 2.32. The van der Waals surface area contributed by atoms with Crippen LogP contribution in [0, 0.1) is 11.6 Å². The molecule has 140 valence electrons. The molecule has 0 atom stereocenters. The van der Waals surface area contributed by atoms with Crippen molar-refractivity contribution in [3.8, 4) is 0 Å². The summed E-state index contributed by atoms with van der Waals surface area (Å²) in [7, 11) is -4.49. The van der Waals surface area contributed by atoms with Crippen LogP contribution in [0.1, 0.15) is 5.56 Å². The zero-order valence-corrected chi connectivity index (χ0v) is 13.6. The molecule has 0 aromatic heterocycles. The van der Waals surface area contributed by atoms with E-state index in [4.69, 9.17) is 0 Å². The highest BCUT2D eigenvalue weighted by molar-refractivity contribution is 7.89. The molecule has 1 amide bonds. The molecule has 0 saturated heterocycles. The van der Waals surface area contributed by atoms with E-state index in [1.165, 1.54) is 12.1 Å². The highest BCUT2D eigenvalue weighted by Gasteiger charge is 2.35. The van der Waals surface area contributed by atoms with E-state index in [1.807, 2.05) is 0 Å². The van der Waals surface area contributed by atoms with E-state index < -0.39 is 50.7 Å². The highest BCUT2D eigenvalue weighted by atomic mass is 32.2. The molecule has 0 aliphatic heterocycles. The molecule has 2 aromatic carbocycles. The number of hydrogen-bond donors (Lipinski definition) is 2. The zero-order chi connectivity index (χ0) is 19.5. The Bertz CT molecular complexity index is 912. The fourth-order valence-electron chi connectivity index (χ4n) is 1.87. The average molecular weight is 394 g/mol. The Morgan fingerprint density at radius 2 is 1.62 bits per heavy atom. The van der Waals surface area contributed by atoms with Crippen molar-refractivity contribution in [1.29, 1.82) is 0 Å². The van der Waals surface area contributed by atoms with Crippen LogP contribution in [0.3, 0.4) is 0 Å². The molecule has 0 spiro atoms. The van der Waals surface area contributed by atoms with Gasteiger partial charge < -0.3 is 5.32 Å². The van der Waals surface area contributed by atoms with Gasteiger partial charge in [-0.1, -0.05) is 0 Å². The molecule has 0 bridgehead atoms. The van der Waals surface area contributed by atoms with Crippen LogP contribution in [0.2, 0.25) is 0 Å². The van der Waals surface area contributed by atoms with E-state index in [9.17, 15) is 35.2 Å². The fourth-order valence-corrected chi connectivity index (χ4v) is 2.88. The maximum absolute atomic E-state index is 13.2. The first-order valence-corrected chi connectivity index (χ1v) is 8.39. The molecule has 0 saturated carbocycles. The van der Waals surface area contributed by atoms with Gasteiger partial charge >= 0.3 is 6.18 Å². The third kappa shape index (κ3) is 4.99. The topological polar surface area (TPSA) is 75.3 Å². The van der Waals surface area contributed by atoms with Crippen molar-refractivity contribution >= 4 is 21.6 Å². The van der Waals surface area contributed by atoms with Crippen molar-refractivity contribution in [2.75, 3.05) is 11.9 Å². The summed E-state index contributed by atoms with van der Waals surface area (Å²) in [4.78, 5) is 10.8. The number of benzene rings is 2. The van der Waals surface area contributed by atoms with E-state index >= 15 is 0 Å². The third-order valence-corrected chi connectivity index (χ3v) is 4.50. The number of anilines is 1. The van der Waals surface area contributed by atoms with Crippen LogP contribution in [-0.2, 0) is 21.0 Å². The van der Waals surface area contributed by atoms with E-state index in [1.54, 1.807) is 4.72 Å². The first-order valence-electron chi connectivity index (χ1n) is 6.91. The second-order valence-corrected chi connectivity index (χ2v) is 6.79. The van der Waals surface area contributed by atoms with Gasteiger partial charge in [0.15, 0.2) is 0 Å². The van der Waals surface area contributed by atoms with Crippen molar-refractivity contribution < 1.29 is 35.2 Å². The van der Waals surface area contributed by atoms with Gasteiger partial charge in [-0.3, -0.25) is 4.79 Å². The van der Waals surface area contributed by atoms with E-state index in [2.05, 4.69) is 5.32 Å². The normalized spacial score (nSPS) is 12.0. The summed E-state index contributed by atoms with van der Waals surface area (Å²) in [6, 6.07) is 5.75. The SMILES string of the molecule is O=C(CNS(=O)(=O)c1ccc(F)c(C(F)(F)F)c1)Nc1ccc(F)cc1. The summed E-state index contributed by atoms with van der Waals surface area (Å²) >= 11 is 0. The number of nitrogens with one attached hydrogen (secondary N) is 2. The minimum Gasteiger partial charge on any atom is -0.325 e. The lowest BCUT2D eigenvalue weighted by Gasteiger charge is -2.11. The summed E-state index contributed by atoms with van der Waals surface area (Å²) in [6.45, 7) is -0.793. The lowest BCUT2D eigenvalue weighted by Crippen LogP contribution is -2.33. The summed E-state index contributed by atoms with van der Waals surface area (Å²) in [5, 5.41) is 2.27. The minimum absolute atomic E-state index is 0.134. The van der Waals surface area contributed by atoms with Gasteiger partial charge in [-0.05, 0) is 42.5 Å². The number of rotatable bonds is 5. The minimum atomic E-state index is -5.07. The molecule has 2 aromatic rings. The van der Waals surface area contributed by atoms with Crippen LogP contribution in [0.15, 0.2) is 47.4 Å². The lowest BCUT2D eigenvalue weighted by atomic mass is 10.2. The van der Waals surface area contributed by atoms with Gasteiger partial charge in [-0.15, -0.1) is 0 Å². The van der Waals surface area contributed by atoms with Crippen molar-refractivity contribution in [2.24, 2.45) is 0 Å². The maximum Gasteiger partial charge on any atom is 0.419 e. The average Bonchev–Trinajstić information content (AvgIpc) is 2.54. The van der Waals surface area contributed by atoms with E-state index in [-0.39, 0.29) is 11.8 Å².